The Morgan fingerprint density at radius 2 is 2.21 bits per heavy atom. The Balaban J connectivity index is 2.03. The van der Waals surface area contributed by atoms with Crippen LogP contribution in [-0.4, -0.2) is 17.1 Å². The molecule has 0 heterocycles. The van der Waals surface area contributed by atoms with Gasteiger partial charge in [-0.1, -0.05) is 26.2 Å². The maximum absolute atomic E-state index is 11.0. The highest BCUT2D eigenvalue weighted by Crippen LogP contribution is 2.29. The molecule has 1 saturated carbocycles. The Hall–Kier alpha value is -1.51. The molecule has 104 valence electrons. The topological polar surface area (TPSA) is 49.3 Å². The van der Waals surface area contributed by atoms with Gasteiger partial charge in [0.2, 0.25) is 0 Å². The molecule has 0 spiro atoms. The third kappa shape index (κ3) is 3.49. The van der Waals surface area contributed by atoms with Crippen molar-refractivity contribution in [2.75, 3.05) is 5.32 Å². The summed E-state index contributed by atoms with van der Waals surface area (Å²) in [6.45, 7) is 4.11. The number of hydrogen-bond acceptors (Lipinski definition) is 2. The SMILES string of the molecule is CCC1CCCC(Nc2ccc(C(=O)O)c(C)c2)C1. The van der Waals surface area contributed by atoms with Crippen LogP contribution < -0.4 is 5.32 Å². The summed E-state index contributed by atoms with van der Waals surface area (Å²) >= 11 is 0. The van der Waals surface area contributed by atoms with Crippen LogP contribution in [0.2, 0.25) is 0 Å². The summed E-state index contributed by atoms with van der Waals surface area (Å²) in [6, 6.07) is 6.05. The number of nitrogens with one attached hydrogen (secondary N) is 1. The van der Waals surface area contributed by atoms with Gasteiger partial charge in [-0.25, -0.2) is 4.79 Å². The van der Waals surface area contributed by atoms with E-state index >= 15 is 0 Å². The van der Waals surface area contributed by atoms with E-state index in [1.165, 1.54) is 32.1 Å². The minimum Gasteiger partial charge on any atom is -0.478 e. The van der Waals surface area contributed by atoms with Gasteiger partial charge in [-0.2, -0.15) is 0 Å². The minimum absolute atomic E-state index is 0.389. The first-order valence-electron chi connectivity index (χ1n) is 7.20. The number of carboxylic acids is 1. The van der Waals surface area contributed by atoms with E-state index in [0.717, 1.165) is 17.2 Å². The molecule has 0 bridgehead atoms. The van der Waals surface area contributed by atoms with Crippen LogP contribution in [-0.2, 0) is 0 Å². The lowest BCUT2D eigenvalue weighted by atomic mass is 9.84. The van der Waals surface area contributed by atoms with Crippen molar-refractivity contribution < 1.29 is 9.90 Å². The van der Waals surface area contributed by atoms with E-state index in [9.17, 15) is 4.79 Å². The van der Waals surface area contributed by atoms with Crippen molar-refractivity contribution in [3.63, 3.8) is 0 Å². The van der Waals surface area contributed by atoms with E-state index in [0.29, 0.717) is 11.6 Å². The lowest BCUT2D eigenvalue weighted by Crippen LogP contribution is -2.27. The van der Waals surface area contributed by atoms with Crippen molar-refractivity contribution in [1.29, 1.82) is 0 Å². The van der Waals surface area contributed by atoms with Gasteiger partial charge in [-0.15, -0.1) is 0 Å². The molecule has 2 N–H and O–H groups in total. The van der Waals surface area contributed by atoms with Gasteiger partial charge in [0.15, 0.2) is 0 Å². The predicted molar refractivity (Wildman–Crippen MR) is 77.8 cm³/mol. The minimum atomic E-state index is -0.854. The van der Waals surface area contributed by atoms with Crippen molar-refractivity contribution in [1.82, 2.24) is 0 Å². The van der Waals surface area contributed by atoms with Crippen molar-refractivity contribution in [3.05, 3.63) is 29.3 Å². The van der Waals surface area contributed by atoms with E-state index in [1.54, 1.807) is 6.07 Å². The number of anilines is 1. The van der Waals surface area contributed by atoms with Crippen molar-refractivity contribution in [3.8, 4) is 0 Å². The lowest BCUT2D eigenvalue weighted by Gasteiger charge is -2.30. The number of hydrogen-bond donors (Lipinski definition) is 2. The van der Waals surface area contributed by atoms with Crippen LogP contribution in [0.1, 0.15) is 54.9 Å². The largest absolute Gasteiger partial charge is 0.478 e. The summed E-state index contributed by atoms with van der Waals surface area (Å²) in [5.41, 5.74) is 2.25. The monoisotopic (exact) mass is 261 g/mol. The normalized spacial score (nSPS) is 23.1. The summed E-state index contributed by atoms with van der Waals surface area (Å²) < 4.78 is 0. The molecule has 0 aromatic heterocycles. The molecule has 1 aromatic carbocycles. The highest BCUT2D eigenvalue weighted by atomic mass is 16.4. The Morgan fingerprint density at radius 1 is 1.42 bits per heavy atom. The summed E-state index contributed by atoms with van der Waals surface area (Å²) in [4.78, 5) is 11.0. The number of rotatable bonds is 4. The van der Waals surface area contributed by atoms with Crippen LogP contribution in [0.15, 0.2) is 18.2 Å². The highest BCUT2D eigenvalue weighted by molar-refractivity contribution is 5.89. The van der Waals surface area contributed by atoms with Gasteiger partial charge in [-0.05, 0) is 49.4 Å². The van der Waals surface area contributed by atoms with Crippen molar-refractivity contribution >= 4 is 11.7 Å². The number of aryl methyl sites for hydroxylation is 1. The molecule has 2 atom stereocenters. The average molecular weight is 261 g/mol. The Kier molecular flexibility index (Phi) is 4.46. The predicted octanol–water partition coefficient (Wildman–Crippen LogP) is 4.07. The second-order valence-electron chi connectivity index (χ2n) is 5.62. The summed E-state index contributed by atoms with van der Waals surface area (Å²) in [5.74, 6) is -0.0154. The Morgan fingerprint density at radius 3 is 2.84 bits per heavy atom. The van der Waals surface area contributed by atoms with Gasteiger partial charge in [0, 0.05) is 11.7 Å². The van der Waals surface area contributed by atoms with E-state index in [4.69, 9.17) is 5.11 Å². The Bertz CT molecular complexity index is 456. The molecule has 0 aliphatic heterocycles. The molecule has 19 heavy (non-hydrogen) atoms. The first-order chi connectivity index (χ1) is 9.10. The summed E-state index contributed by atoms with van der Waals surface area (Å²) in [6.07, 6.45) is 6.36. The molecule has 0 amide bonds. The zero-order chi connectivity index (χ0) is 13.8. The fraction of sp³-hybridized carbons (Fsp3) is 0.562. The van der Waals surface area contributed by atoms with Gasteiger partial charge >= 0.3 is 5.97 Å². The second-order valence-corrected chi connectivity index (χ2v) is 5.62. The molecule has 2 unspecified atom stereocenters. The summed E-state index contributed by atoms with van der Waals surface area (Å²) in [5, 5.41) is 12.6. The van der Waals surface area contributed by atoms with E-state index in [-0.39, 0.29) is 0 Å². The third-order valence-corrected chi connectivity index (χ3v) is 4.19. The molecule has 1 fully saturated rings. The van der Waals surface area contributed by atoms with E-state index in [2.05, 4.69) is 12.2 Å². The molecule has 3 nitrogen and oxygen atoms in total. The van der Waals surface area contributed by atoms with Crippen molar-refractivity contribution in [2.45, 2.75) is 52.0 Å². The smallest absolute Gasteiger partial charge is 0.335 e. The third-order valence-electron chi connectivity index (χ3n) is 4.19. The number of aromatic carboxylic acids is 1. The maximum Gasteiger partial charge on any atom is 0.335 e. The average Bonchev–Trinajstić information content (AvgIpc) is 2.38. The standard InChI is InChI=1S/C16H23NO2/c1-3-12-5-4-6-13(10-12)17-14-7-8-15(16(18)19)11(2)9-14/h7-9,12-13,17H,3-6,10H2,1-2H3,(H,18,19). The molecule has 0 radical (unpaired) electrons. The maximum atomic E-state index is 11.0. The van der Waals surface area contributed by atoms with Crippen LogP contribution in [0.25, 0.3) is 0 Å². The van der Waals surface area contributed by atoms with Crippen LogP contribution in [0.5, 0.6) is 0 Å². The zero-order valence-corrected chi connectivity index (χ0v) is 11.8. The van der Waals surface area contributed by atoms with Crippen molar-refractivity contribution in [2.24, 2.45) is 5.92 Å². The number of carbonyl (C=O) groups is 1. The summed E-state index contributed by atoms with van der Waals surface area (Å²) in [7, 11) is 0. The number of carboxylic acid groups (broad SMARTS) is 1. The Labute approximate surface area is 115 Å². The van der Waals surface area contributed by atoms with E-state index in [1.807, 2.05) is 19.1 Å². The van der Waals surface area contributed by atoms with Gasteiger partial charge in [0.25, 0.3) is 0 Å². The van der Waals surface area contributed by atoms with Gasteiger partial charge in [0.05, 0.1) is 5.56 Å². The lowest BCUT2D eigenvalue weighted by molar-refractivity contribution is 0.0696. The van der Waals surface area contributed by atoms with Crippen LogP contribution >= 0.6 is 0 Å². The highest BCUT2D eigenvalue weighted by Gasteiger charge is 2.20. The van der Waals surface area contributed by atoms with Gasteiger partial charge in [-0.3, -0.25) is 0 Å². The van der Waals surface area contributed by atoms with E-state index < -0.39 is 5.97 Å². The van der Waals surface area contributed by atoms with Gasteiger partial charge < -0.3 is 10.4 Å². The fourth-order valence-corrected chi connectivity index (χ4v) is 3.02. The molecule has 0 saturated heterocycles. The van der Waals surface area contributed by atoms with Crippen LogP contribution in [0.4, 0.5) is 5.69 Å². The first kappa shape index (κ1) is 13.9. The molecular weight excluding hydrogens is 238 g/mol. The molecule has 2 rings (SSSR count). The molecule has 1 aliphatic carbocycles. The van der Waals surface area contributed by atoms with Crippen LogP contribution in [0, 0.1) is 12.8 Å². The zero-order valence-electron chi connectivity index (χ0n) is 11.8. The van der Waals surface area contributed by atoms with Crippen LogP contribution in [0.3, 0.4) is 0 Å². The quantitative estimate of drug-likeness (QED) is 0.858. The number of benzene rings is 1. The second kappa shape index (κ2) is 6.09. The fourth-order valence-electron chi connectivity index (χ4n) is 3.02. The molecular formula is C16H23NO2. The molecule has 3 heteroatoms. The first-order valence-corrected chi connectivity index (χ1v) is 7.20. The molecule has 1 aliphatic rings. The molecule has 1 aromatic rings. The van der Waals surface area contributed by atoms with Gasteiger partial charge in [0.1, 0.15) is 0 Å².